The van der Waals surface area contributed by atoms with Crippen molar-refractivity contribution in [2.75, 3.05) is 0 Å². The van der Waals surface area contributed by atoms with Crippen molar-refractivity contribution in [2.24, 2.45) is 5.73 Å². The number of hydrogen-bond acceptors (Lipinski definition) is 5. The minimum atomic E-state index is -0.709. The van der Waals surface area contributed by atoms with Gasteiger partial charge in [-0.05, 0) is 18.6 Å². The van der Waals surface area contributed by atoms with E-state index in [9.17, 15) is 10.1 Å². The highest BCUT2D eigenvalue weighted by Gasteiger charge is 2.35. The van der Waals surface area contributed by atoms with E-state index in [1.54, 1.807) is 31.2 Å². The fraction of sp³-hybridized carbons (Fsp3) is 0.133. The molecule has 1 aliphatic heterocycles. The maximum Gasteiger partial charge on any atom is 0.258 e. The standard InChI is InChI=1S/C15H11ClN4O2/c1-7-19-14(21)12-11(8-4-2-3-5-10(8)16)9(6-17)13(18)22-15(12)20-7/h2-5,11H,18H2,1H3,(H,19,20,21)/t11-/m1/s1. The molecule has 1 aromatic heterocycles. The summed E-state index contributed by atoms with van der Waals surface area (Å²) in [5, 5.41) is 9.84. The van der Waals surface area contributed by atoms with Crippen LogP contribution in [-0.2, 0) is 0 Å². The van der Waals surface area contributed by atoms with Crippen molar-refractivity contribution in [3.63, 3.8) is 0 Å². The van der Waals surface area contributed by atoms with E-state index in [1.807, 2.05) is 6.07 Å². The zero-order chi connectivity index (χ0) is 15.9. The summed E-state index contributed by atoms with van der Waals surface area (Å²) in [5.74, 6) is -0.283. The molecule has 2 aromatic rings. The fourth-order valence-corrected chi connectivity index (χ4v) is 2.73. The van der Waals surface area contributed by atoms with Crippen molar-refractivity contribution in [2.45, 2.75) is 12.8 Å². The topological polar surface area (TPSA) is 105 Å². The van der Waals surface area contributed by atoms with Crippen LogP contribution in [-0.4, -0.2) is 9.97 Å². The molecular formula is C15H11ClN4O2. The summed E-state index contributed by atoms with van der Waals surface area (Å²) in [6.45, 7) is 1.63. The molecule has 22 heavy (non-hydrogen) atoms. The molecule has 0 fully saturated rings. The molecule has 6 nitrogen and oxygen atoms in total. The van der Waals surface area contributed by atoms with E-state index >= 15 is 0 Å². The number of ether oxygens (including phenoxy) is 1. The third kappa shape index (κ3) is 2.12. The Bertz CT molecular complexity index is 895. The van der Waals surface area contributed by atoms with Crippen LogP contribution in [0.4, 0.5) is 0 Å². The highest BCUT2D eigenvalue weighted by molar-refractivity contribution is 6.31. The van der Waals surface area contributed by atoms with Crippen molar-refractivity contribution in [1.29, 1.82) is 5.26 Å². The van der Waals surface area contributed by atoms with Crippen molar-refractivity contribution in [1.82, 2.24) is 9.97 Å². The Morgan fingerprint density at radius 3 is 2.86 bits per heavy atom. The van der Waals surface area contributed by atoms with Gasteiger partial charge >= 0.3 is 0 Å². The number of nitrogens with zero attached hydrogens (tertiary/aromatic N) is 2. The molecular weight excluding hydrogens is 304 g/mol. The molecule has 1 aliphatic rings. The first-order valence-corrected chi connectivity index (χ1v) is 6.83. The van der Waals surface area contributed by atoms with E-state index < -0.39 is 5.92 Å². The van der Waals surface area contributed by atoms with Crippen molar-refractivity contribution in [3.8, 4) is 11.9 Å². The van der Waals surface area contributed by atoms with Gasteiger partial charge < -0.3 is 15.5 Å². The number of halogens is 1. The number of aromatic nitrogens is 2. The lowest BCUT2D eigenvalue weighted by Crippen LogP contribution is -2.29. The van der Waals surface area contributed by atoms with Gasteiger partial charge in [-0.15, -0.1) is 0 Å². The number of aromatic amines is 1. The Morgan fingerprint density at radius 1 is 1.45 bits per heavy atom. The summed E-state index contributed by atoms with van der Waals surface area (Å²) in [7, 11) is 0. The molecule has 0 bridgehead atoms. The number of nitrogens with one attached hydrogen (secondary N) is 1. The van der Waals surface area contributed by atoms with Crippen LogP contribution in [0, 0.1) is 18.3 Å². The van der Waals surface area contributed by atoms with Gasteiger partial charge in [-0.1, -0.05) is 29.8 Å². The monoisotopic (exact) mass is 314 g/mol. The number of H-pyrrole nitrogens is 1. The lowest BCUT2D eigenvalue weighted by Gasteiger charge is -2.25. The predicted octanol–water partition coefficient (Wildman–Crippen LogP) is 1.95. The summed E-state index contributed by atoms with van der Waals surface area (Å²) in [5.41, 5.74) is 6.40. The zero-order valence-corrected chi connectivity index (χ0v) is 12.3. The SMILES string of the molecule is Cc1nc2c(c(=O)[nH]1)[C@H](c1ccccc1Cl)C(C#N)=C(N)O2. The second-order valence-corrected chi connectivity index (χ2v) is 5.22. The number of nitrogens with two attached hydrogens (primary N) is 1. The molecule has 0 radical (unpaired) electrons. The van der Waals surface area contributed by atoms with Crippen LogP contribution in [0.3, 0.4) is 0 Å². The number of allylic oxidation sites excluding steroid dienone is 1. The van der Waals surface area contributed by atoms with Gasteiger partial charge in [0.15, 0.2) is 0 Å². The van der Waals surface area contributed by atoms with Gasteiger partial charge in [0, 0.05) is 5.02 Å². The Balaban J connectivity index is 2.35. The number of nitriles is 1. The molecule has 0 amide bonds. The highest BCUT2D eigenvalue weighted by atomic mass is 35.5. The van der Waals surface area contributed by atoms with Crippen LogP contribution >= 0.6 is 11.6 Å². The predicted molar refractivity (Wildman–Crippen MR) is 80.3 cm³/mol. The third-order valence-corrected chi connectivity index (χ3v) is 3.77. The van der Waals surface area contributed by atoms with Crippen LogP contribution in [0.25, 0.3) is 0 Å². The van der Waals surface area contributed by atoms with Gasteiger partial charge in [-0.3, -0.25) is 4.79 Å². The first-order chi connectivity index (χ1) is 10.5. The first kappa shape index (κ1) is 14.2. The number of hydrogen-bond donors (Lipinski definition) is 2. The van der Waals surface area contributed by atoms with E-state index in [1.165, 1.54) is 0 Å². The van der Waals surface area contributed by atoms with E-state index in [0.717, 1.165) is 0 Å². The molecule has 0 saturated carbocycles. The third-order valence-electron chi connectivity index (χ3n) is 3.42. The lowest BCUT2D eigenvalue weighted by atomic mass is 9.85. The van der Waals surface area contributed by atoms with Crippen molar-refractivity contribution < 1.29 is 4.74 Å². The maximum absolute atomic E-state index is 12.4. The molecule has 110 valence electrons. The Hall–Kier alpha value is -2.78. The van der Waals surface area contributed by atoms with Gasteiger partial charge in [0.25, 0.3) is 5.56 Å². The molecule has 0 unspecified atom stereocenters. The fourth-order valence-electron chi connectivity index (χ4n) is 2.49. The zero-order valence-electron chi connectivity index (χ0n) is 11.6. The van der Waals surface area contributed by atoms with Gasteiger partial charge in [0.05, 0.1) is 11.5 Å². The molecule has 0 aliphatic carbocycles. The van der Waals surface area contributed by atoms with Crippen LogP contribution < -0.4 is 16.0 Å². The largest absolute Gasteiger partial charge is 0.422 e. The van der Waals surface area contributed by atoms with E-state index in [0.29, 0.717) is 16.4 Å². The maximum atomic E-state index is 12.4. The average molecular weight is 315 g/mol. The molecule has 1 aromatic carbocycles. The van der Waals surface area contributed by atoms with Gasteiger partial charge in [-0.2, -0.15) is 10.2 Å². The molecule has 2 heterocycles. The molecule has 3 N–H and O–H groups in total. The van der Waals surface area contributed by atoms with Crippen LogP contribution in [0.1, 0.15) is 22.9 Å². The van der Waals surface area contributed by atoms with Crippen molar-refractivity contribution >= 4 is 11.6 Å². The average Bonchev–Trinajstić information content (AvgIpc) is 2.46. The summed E-state index contributed by atoms with van der Waals surface area (Å²) in [4.78, 5) is 19.1. The molecule has 3 rings (SSSR count). The molecule has 0 spiro atoms. The summed E-state index contributed by atoms with van der Waals surface area (Å²) >= 11 is 6.23. The van der Waals surface area contributed by atoms with Crippen LogP contribution in [0.2, 0.25) is 5.02 Å². The second kappa shape index (κ2) is 5.20. The Labute approximate surface area is 130 Å². The molecule has 1 atom stereocenters. The molecule has 7 heteroatoms. The quantitative estimate of drug-likeness (QED) is 0.837. The smallest absolute Gasteiger partial charge is 0.258 e. The Kier molecular flexibility index (Phi) is 3.35. The summed E-state index contributed by atoms with van der Waals surface area (Å²) in [6.07, 6.45) is 0. The Morgan fingerprint density at radius 2 is 2.18 bits per heavy atom. The highest BCUT2D eigenvalue weighted by Crippen LogP contribution is 2.41. The van der Waals surface area contributed by atoms with Crippen LogP contribution in [0.15, 0.2) is 40.5 Å². The van der Waals surface area contributed by atoms with E-state index in [2.05, 4.69) is 9.97 Å². The normalized spacial score (nSPS) is 16.7. The number of rotatable bonds is 1. The minimum absolute atomic E-state index is 0.0718. The first-order valence-electron chi connectivity index (χ1n) is 6.45. The molecule has 0 saturated heterocycles. The van der Waals surface area contributed by atoms with Gasteiger partial charge in [-0.25, -0.2) is 0 Å². The minimum Gasteiger partial charge on any atom is -0.422 e. The van der Waals surface area contributed by atoms with E-state index in [-0.39, 0.29) is 28.5 Å². The van der Waals surface area contributed by atoms with Crippen molar-refractivity contribution in [3.05, 3.63) is 68.0 Å². The van der Waals surface area contributed by atoms with Gasteiger partial charge in [0.2, 0.25) is 11.8 Å². The van der Waals surface area contributed by atoms with E-state index in [4.69, 9.17) is 22.1 Å². The van der Waals surface area contributed by atoms with Crippen LogP contribution in [0.5, 0.6) is 5.88 Å². The second-order valence-electron chi connectivity index (χ2n) is 4.82. The number of fused-ring (bicyclic) bond motifs is 1. The van der Waals surface area contributed by atoms with Gasteiger partial charge in [0.1, 0.15) is 17.5 Å². The summed E-state index contributed by atoms with van der Waals surface area (Å²) < 4.78 is 5.35. The summed E-state index contributed by atoms with van der Waals surface area (Å²) in [6, 6.07) is 8.97. The number of benzene rings is 1. The lowest BCUT2D eigenvalue weighted by molar-refractivity contribution is 0.373. The number of aryl methyl sites for hydroxylation is 1.